The van der Waals surface area contributed by atoms with Crippen molar-refractivity contribution in [3.63, 3.8) is 0 Å². The molecule has 1 aromatic carbocycles. The summed E-state index contributed by atoms with van der Waals surface area (Å²) in [5.74, 6) is -0.101. The van der Waals surface area contributed by atoms with Gasteiger partial charge < -0.3 is 16.4 Å². The van der Waals surface area contributed by atoms with Gasteiger partial charge in [0.15, 0.2) is 0 Å². The fourth-order valence-corrected chi connectivity index (χ4v) is 2.74. The van der Waals surface area contributed by atoms with E-state index in [9.17, 15) is 9.59 Å². The Kier molecular flexibility index (Phi) is 7.19. The molecule has 5 nitrogen and oxygen atoms in total. The minimum absolute atomic E-state index is 0. The number of carbonyl (C=O) groups is 2. The zero-order valence-electron chi connectivity index (χ0n) is 11.9. The van der Waals surface area contributed by atoms with Crippen LogP contribution in [0.2, 0.25) is 0 Å². The third-order valence-corrected chi connectivity index (χ3v) is 3.72. The average molecular weight is 312 g/mol. The summed E-state index contributed by atoms with van der Waals surface area (Å²) >= 11 is 0. The lowest BCUT2D eigenvalue weighted by Gasteiger charge is -2.21. The maximum atomic E-state index is 11.8. The third-order valence-electron chi connectivity index (χ3n) is 3.72. The first-order valence-corrected chi connectivity index (χ1v) is 7.02. The Morgan fingerprint density at radius 2 is 1.86 bits per heavy atom. The van der Waals surface area contributed by atoms with Crippen LogP contribution in [0.25, 0.3) is 0 Å². The molecule has 0 saturated heterocycles. The molecule has 1 aromatic rings. The minimum atomic E-state index is -0.314. The van der Waals surface area contributed by atoms with Gasteiger partial charge in [-0.2, -0.15) is 0 Å². The molecule has 2 amide bonds. The monoisotopic (exact) mass is 311 g/mol. The Hall–Kier alpha value is -1.59. The molecule has 2 atom stereocenters. The highest BCUT2D eigenvalue weighted by Crippen LogP contribution is 2.34. The van der Waals surface area contributed by atoms with E-state index in [4.69, 9.17) is 5.73 Å². The molecule has 0 aromatic heterocycles. The SMILES string of the molecule is Cl.NCC(=O)NCC(=O)NC1CCCC1c1ccccc1. The molecular weight excluding hydrogens is 290 g/mol. The molecule has 1 aliphatic rings. The van der Waals surface area contributed by atoms with E-state index in [2.05, 4.69) is 22.8 Å². The van der Waals surface area contributed by atoms with Gasteiger partial charge in [-0.05, 0) is 18.4 Å². The number of carbonyl (C=O) groups excluding carboxylic acids is 2. The Morgan fingerprint density at radius 3 is 2.52 bits per heavy atom. The van der Waals surface area contributed by atoms with Crippen LogP contribution in [0.4, 0.5) is 0 Å². The van der Waals surface area contributed by atoms with Crippen LogP contribution < -0.4 is 16.4 Å². The second kappa shape index (κ2) is 8.64. The standard InChI is InChI=1S/C15H21N3O2.ClH/c16-9-14(19)17-10-15(20)18-13-8-4-7-12(13)11-5-2-1-3-6-11;/h1-3,5-6,12-13H,4,7-10,16H2,(H,17,19)(H,18,20);1H. The topological polar surface area (TPSA) is 84.2 Å². The molecule has 2 unspecified atom stereocenters. The molecule has 0 spiro atoms. The lowest BCUT2D eigenvalue weighted by atomic mass is 9.94. The Balaban J connectivity index is 0.00000220. The summed E-state index contributed by atoms with van der Waals surface area (Å²) in [6.45, 7) is -0.0998. The van der Waals surface area contributed by atoms with E-state index in [0.717, 1.165) is 19.3 Å². The number of rotatable bonds is 5. The van der Waals surface area contributed by atoms with E-state index in [1.165, 1.54) is 5.56 Å². The molecule has 4 N–H and O–H groups in total. The van der Waals surface area contributed by atoms with Gasteiger partial charge in [-0.1, -0.05) is 36.8 Å². The molecule has 0 radical (unpaired) electrons. The summed E-state index contributed by atoms with van der Waals surface area (Å²) in [7, 11) is 0. The summed E-state index contributed by atoms with van der Waals surface area (Å²) in [5, 5.41) is 5.50. The van der Waals surface area contributed by atoms with Crippen LogP contribution in [0, 0.1) is 0 Å². The van der Waals surface area contributed by atoms with Gasteiger partial charge >= 0.3 is 0 Å². The van der Waals surface area contributed by atoms with Crippen LogP contribution in [0.5, 0.6) is 0 Å². The molecule has 116 valence electrons. The molecule has 2 rings (SSSR count). The number of hydrogen-bond acceptors (Lipinski definition) is 3. The quantitative estimate of drug-likeness (QED) is 0.756. The molecule has 1 saturated carbocycles. The molecular formula is C15H22ClN3O2. The highest BCUT2D eigenvalue weighted by Gasteiger charge is 2.29. The maximum Gasteiger partial charge on any atom is 0.239 e. The molecule has 0 bridgehead atoms. The van der Waals surface area contributed by atoms with Crippen molar-refractivity contribution < 1.29 is 9.59 Å². The molecule has 6 heteroatoms. The van der Waals surface area contributed by atoms with E-state index in [-0.39, 0.29) is 43.4 Å². The lowest BCUT2D eigenvalue weighted by molar-refractivity contribution is -0.125. The average Bonchev–Trinajstić information content (AvgIpc) is 2.93. The molecule has 21 heavy (non-hydrogen) atoms. The summed E-state index contributed by atoms with van der Waals surface area (Å²) in [4.78, 5) is 22.9. The Labute approximate surface area is 131 Å². The number of halogens is 1. The van der Waals surface area contributed by atoms with Gasteiger partial charge in [0, 0.05) is 12.0 Å². The van der Waals surface area contributed by atoms with Crippen molar-refractivity contribution in [1.82, 2.24) is 10.6 Å². The second-order valence-corrected chi connectivity index (χ2v) is 5.10. The fourth-order valence-electron chi connectivity index (χ4n) is 2.74. The zero-order chi connectivity index (χ0) is 14.4. The lowest BCUT2D eigenvalue weighted by Crippen LogP contribution is -2.44. The zero-order valence-corrected chi connectivity index (χ0v) is 12.7. The normalized spacial score (nSPS) is 20.4. The predicted molar refractivity (Wildman–Crippen MR) is 84.3 cm³/mol. The van der Waals surface area contributed by atoms with Crippen molar-refractivity contribution in [2.75, 3.05) is 13.1 Å². The van der Waals surface area contributed by atoms with E-state index in [1.54, 1.807) is 0 Å². The largest absolute Gasteiger partial charge is 0.351 e. The van der Waals surface area contributed by atoms with E-state index in [1.807, 2.05) is 18.2 Å². The highest BCUT2D eigenvalue weighted by molar-refractivity contribution is 5.85. The summed E-state index contributed by atoms with van der Waals surface area (Å²) < 4.78 is 0. The fraction of sp³-hybridized carbons (Fsp3) is 0.467. The highest BCUT2D eigenvalue weighted by atomic mass is 35.5. The van der Waals surface area contributed by atoms with Crippen LogP contribution in [-0.4, -0.2) is 30.9 Å². The van der Waals surface area contributed by atoms with E-state index >= 15 is 0 Å². The van der Waals surface area contributed by atoms with Gasteiger partial charge in [-0.15, -0.1) is 12.4 Å². The molecule has 1 fully saturated rings. The number of hydrogen-bond donors (Lipinski definition) is 3. The van der Waals surface area contributed by atoms with Crippen LogP contribution in [-0.2, 0) is 9.59 Å². The van der Waals surface area contributed by atoms with Crippen molar-refractivity contribution in [1.29, 1.82) is 0 Å². The summed E-state index contributed by atoms with van der Waals surface area (Å²) in [5.41, 5.74) is 6.44. The first kappa shape index (κ1) is 17.5. The second-order valence-electron chi connectivity index (χ2n) is 5.10. The molecule has 0 heterocycles. The van der Waals surface area contributed by atoms with Crippen molar-refractivity contribution in [3.8, 4) is 0 Å². The number of nitrogens with one attached hydrogen (secondary N) is 2. The van der Waals surface area contributed by atoms with Crippen molar-refractivity contribution in [2.45, 2.75) is 31.2 Å². The van der Waals surface area contributed by atoms with Gasteiger partial charge in [-0.25, -0.2) is 0 Å². The van der Waals surface area contributed by atoms with Gasteiger partial charge in [0.05, 0.1) is 13.1 Å². The minimum Gasteiger partial charge on any atom is -0.351 e. The number of nitrogens with two attached hydrogens (primary N) is 1. The van der Waals surface area contributed by atoms with Crippen molar-refractivity contribution >= 4 is 24.2 Å². The van der Waals surface area contributed by atoms with Crippen LogP contribution in [0.3, 0.4) is 0 Å². The predicted octanol–water partition coefficient (Wildman–Crippen LogP) is 0.936. The van der Waals surface area contributed by atoms with Gasteiger partial charge in [0.25, 0.3) is 0 Å². The van der Waals surface area contributed by atoms with E-state index in [0.29, 0.717) is 5.92 Å². The van der Waals surface area contributed by atoms with Crippen molar-refractivity contribution in [3.05, 3.63) is 35.9 Å². The number of amides is 2. The van der Waals surface area contributed by atoms with Crippen LogP contribution >= 0.6 is 12.4 Å². The molecule has 1 aliphatic carbocycles. The first-order chi connectivity index (χ1) is 9.70. The van der Waals surface area contributed by atoms with E-state index < -0.39 is 0 Å². The number of benzene rings is 1. The van der Waals surface area contributed by atoms with Gasteiger partial charge in [-0.3, -0.25) is 9.59 Å². The van der Waals surface area contributed by atoms with Crippen LogP contribution in [0.15, 0.2) is 30.3 Å². The Bertz CT molecular complexity index is 467. The van der Waals surface area contributed by atoms with Gasteiger partial charge in [0.1, 0.15) is 0 Å². The van der Waals surface area contributed by atoms with Crippen molar-refractivity contribution in [2.24, 2.45) is 5.73 Å². The van der Waals surface area contributed by atoms with Gasteiger partial charge in [0.2, 0.25) is 11.8 Å². The third kappa shape index (κ3) is 5.02. The summed E-state index contributed by atoms with van der Waals surface area (Å²) in [6.07, 6.45) is 3.18. The first-order valence-electron chi connectivity index (χ1n) is 7.02. The van der Waals surface area contributed by atoms with Crippen LogP contribution in [0.1, 0.15) is 30.7 Å². The summed E-state index contributed by atoms with van der Waals surface area (Å²) in [6, 6.07) is 10.4. The Morgan fingerprint density at radius 1 is 1.14 bits per heavy atom. The molecule has 0 aliphatic heterocycles. The maximum absolute atomic E-state index is 11.8. The smallest absolute Gasteiger partial charge is 0.239 e.